The summed E-state index contributed by atoms with van der Waals surface area (Å²) in [4.78, 5) is 0. The van der Waals surface area contributed by atoms with Crippen molar-refractivity contribution in [1.82, 2.24) is 4.31 Å². The Hall–Kier alpha value is 0.640. The van der Waals surface area contributed by atoms with Crippen molar-refractivity contribution < 1.29 is 8.42 Å². The fourth-order valence-electron chi connectivity index (χ4n) is 1.87. The van der Waals surface area contributed by atoms with E-state index in [1.807, 2.05) is 0 Å². The Kier molecular flexibility index (Phi) is 4.44. The van der Waals surface area contributed by atoms with Crippen molar-refractivity contribution in [3.8, 4) is 0 Å². The molecule has 1 aliphatic rings. The second kappa shape index (κ2) is 4.93. The van der Waals surface area contributed by atoms with Crippen molar-refractivity contribution in [1.29, 1.82) is 0 Å². The molecule has 0 saturated carbocycles. The molecule has 0 aliphatic carbocycles. The summed E-state index contributed by atoms with van der Waals surface area (Å²) in [5.74, 6) is 0.586. The third-order valence-electron chi connectivity index (χ3n) is 2.49. The lowest BCUT2D eigenvalue weighted by atomic mass is 9.95. The summed E-state index contributed by atoms with van der Waals surface area (Å²) in [6.45, 7) is 3.60. The Morgan fingerprint density at radius 3 is 2.77 bits per heavy atom. The fourth-order valence-corrected chi connectivity index (χ4v) is 3.68. The van der Waals surface area contributed by atoms with Gasteiger partial charge in [-0.15, -0.1) is 0 Å². The van der Waals surface area contributed by atoms with Crippen LogP contribution in [0.5, 0.6) is 0 Å². The van der Waals surface area contributed by atoms with Gasteiger partial charge in [-0.25, -0.2) is 8.42 Å². The average molecular weight is 317 g/mol. The van der Waals surface area contributed by atoms with Crippen molar-refractivity contribution >= 4 is 28.4 Å². The van der Waals surface area contributed by atoms with E-state index >= 15 is 0 Å². The molecule has 3 nitrogen and oxygen atoms in total. The summed E-state index contributed by atoms with van der Waals surface area (Å²) < 4.78 is 24.1. The van der Waals surface area contributed by atoms with Gasteiger partial charge in [0, 0.05) is 13.1 Å². The zero-order valence-corrected chi connectivity index (χ0v) is 10.8. The van der Waals surface area contributed by atoms with E-state index in [1.54, 1.807) is 4.31 Å². The molecular weight excluding hydrogens is 301 g/mol. The standard InChI is InChI=1S/C8H16INO2S/c1-2-4-8-5-3-6-10(7-8)13(9,11)12/h8H,2-7H2,1H3. The third-order valence-corrected chi connectivity index (χ3v) is 5.11. The molecule has 0 N–H and O–H groups in total. The van der Waals surface area contributed by atoms with E-state index in [2.05, 4.69) is 6.92 Å². The summed E-state index contributed by atoms with van der Waals surface area (Å²) in [6, 6.07) is 0. The third kappa shape index (κ3) is 3.71. The van der Waals surface area contributed by atoms with Crippen LogP contribution in [-0.4, -0.2) is 25.8 Å². The molecule has 1 fully saturated rings. The molecule has 1 aliphatic heterocycles. The van der Waals surface area contributed by atoms with Gasteiger partial charge in [-0.2, -0.15) is 4.31 Å². The van der Waals surface area contributed by atoms with E-state index in [1.165, 1.54) is 27.6 Å². The molecule has 0 aromatic rings. The maximum atomic E-state index is 11.2. The van der Waals surface area contributed by atoms with E-state index in [4.69, 9.17) is 0 Å². The SMILES string of the molecule is CCCC1CCCN(S(=O)(=O)I)C1. The second-order valence-electron chi connectivity index (χ2n) is 3.60. The molecule has 5 heteroatoms. The van der Waals surface area contributed by atoms with Crippen LogP contribution < -0.4 is 0 Å². The minimum Gasteiger partial charge on any atom is -0.201 e. The van der Waals surface area contributed by atoms with Crippen LogP contribution >= 0.6 is 21.2 Å². The van der Waals surface area contributed by atoms with E-state index in [-0.39, 0.29) is 0 Å². The first-order chi connectivity index (χ1) is 6.04. The molecule has 1 atom stereocenters. The van der Waals surface area contributed by atoms with Gasteiger partial charge in [-0.1, -0.05) is 13.3 Å². The summed E-state index contributed by atoms with van der Waals surface area (Å²) in [7, 11) is -2.97. The first-order valence-corrected chi connectivity index (χ1v) is 8.72. The highest BCUT2D eigenvalue weighted by atomic mass is 127. The summed E-state index contributed by atoms with van der Waals surface area (Å²) in [6.07, 6.45) is 4.52. The average Bonchev–Trinajstić information content (AvgIpc) is 2.04. The van der Waals surface area contributed by atoms with Crippen LogP contribution in [-0.2, 0) is 7.19 Å². The van der Waals surface area contributed by atoms with Crippen LogP contribution in [0.3, 0.4) is 0 Å². The lowest BCUT2D eigenvalue weighted by Gasteiger charge is -2.29. The molecule has 1 heterocycles. The Morgan fingerprint density at radius 1 is 1.54 bits per heavy atom. The van der Waals surface area contributed by atoms with Crippen LogP contribution in [0.1, 0.15) is 32.6 Å². The van der Waals surface area contributed by atoms with E-state index < -0.39 is 7.19 Å². The second-order valence-corrected chi connectivity index (χ2v) is 8.28. The number of rotatable bonds is 3. The van der Waals surface area contributed by atoms with Crippen molar-refractivity contribution in [2.75, 3.05) is 13.1 Å². The lowest BCUT2D eigenvalue weighted by molar-refractivity contribution is 0.259. The molecule has 0 amide bonds. The van der Waals surface area contributed by atoms with Gasteiger partial charge in [0.1, 0.15) is 0 Å². The molecule has 0 bridgehead atoms. The summed E-state index contributed by atoms with van der Waals surface area (Å²) in [5.41, 5.74) is 0. The Labute approximate surface area is 92.5 Å². The minimum absolute atomic E-state index is 0.586. The van der Waals surface area contributed by atoms with Crippen molar-refractivity contribution in [3.63, 3.8) is 0 Å². The molecule has 0 aromatic carbocycles. The predicted molar refractivity (Wildman–Crippen MR) is 62.1 cm³/mol. The normalized spacial score (nSPS) is 26.2. The quantitative estimate of drug-likeness (QED) is 0.591. The molecule has 13 heavy (non-hydrogen) atoms. The largest absolute Gasteiger partial charge is 0.267 e. The number of nitrogens with zero attached hydrogens (tertiary/aromatic N) is 1. The van der Waals surface area contributed by atoms with Crippen LogP contribution in [0.25, 0.3) is 0 Å². The van der Waals surface area contributed by atoms with Gasteiger partial charge in [0.25, 0.3) is 7.19 Å². The maximum absolute atomic E-state index is 11.2. The summed E-state index contributed by atoms with van der Waals surface area (Å²) >= 11 is 1.53. The van der Waals surface area contributed by atoms with Crippen molar-refractivity contribution in [3.05, 3.63) is 0 Å². The zero-order chi connectivity index (χ0) is 9.90. The zero-order valence-electron chi connectivity index (χ0n) is 7.87. The van der Waals surface area contributed by atoms with Gasteiger partial charge in [-0.3, -0.25) is 0 Å². The first kappa shape index (κ1) is 11.7. The van der Waals surface area contributed by atoms with Crippen LogP contribution in [0.4, 0.5) is 0 Å². The number of piperidine rings is 1. The molecule has 0 spiro atoms. The number of hydrogen-bond donors (Lipinski definition) is 0. The number of hydrogen-bond acceptors (Lipinski definition) is 2. The van der Waals surface area contributed by atoms with Crippen molar-refractivity contribution in [2.24, 2.45) is 5.92 Å². The highest BCUT2D eigenvalue weighted by Crippen LogP contribution is 2.24. The summed E-state index contributed by atoms with van der Waals surface area (Å²) in [5, 5.41) is 0. The molecule has 0 radical (unpaired) electrons. The minimum atomic E-state index is -2.97. The highest BCUT2D eigenvalue weighted by Gasteiger charge is 2.25. The topological polar surface area (TPSA) is 37.4 Å². The van der Waals surface area contributed by atoms with Gasteiger partial charge in [-0.05, 0) is 25.2 Å². The monoisotopic (exact) mass is 317 g/mol. The molecular formula is C8H16INO2S. The van der Waals surface area contributed by atoms with E-state index in [0.29, 0.717) is 12.5 Å². The predicted octanol–water partition coefficient (Wildman–Crippen LogP) is 2.18. The fraction of sp³-hybridized carbons (Fsp3) is 1.00. The van der Waals surface area contributed by atoms with Gasteiger partial charge in [0.05, 0.1) is 21.2 Å². The van der Waals surface area contributed by atoms with Gasteiger partial charge in [0.15, 0.2) is 0 Å². The Bertz CT molecular complexity index is 251. The molecule has 1 unspecified atom stereocenters. The Morgan fingerprint density at radius 2 is 2.23 bits per heavy atom. The molecule has 0 aromatic heterocycles. The molecule has 1 rings (SSSR count). The van der Waals surface area contributed by atoms with Gasteiger partial charge < -0.3 is 0 Å². The maximum Gasteiger partial charge on any atom is 0.267 e. The van der Waals surface area contributed by atoms with Crippen LogP contribution in [0.2, 0.25) is 0 Å². The molecule has 78 valence electrons. The van der Waals surface area contributed by atoms with E-state index in [9.17, 15) is 8.42 Å². The lowest BCUT2D eigenvalue weighted by Crippen LogP contribution is -2.37. The first-order valence-electron chi connectivity index (χ1n) is 4.73. The van der Waals surface area contributed by atoms with Gasteiger partial charge >= 0.3 is 0 Å². The van der Waals surface area contributed by atoms with Crippen LogP contribution in [0.15, 0.2) is 0 Å². The molecule has 1 saturated heterocycles. The smallest absolute Gasteiger partial charge is 0.201 e. The van der Waals surface area contributed by atoms with Crippen LogP contribution in [0, 0.1) is 5.92 Å². The highest BCUT2D eigenvalue weighted by molar-refractivity contribution is 14.2. The van der Waals surface area contributed by atoms with E-state index in [0.717, 1.165) is 25.8 Å². The van der Waals surface area contributed by atoms with Gasteiger partial charge in [0.2, 0.25) is 0 Å². The van der Waals surface area contributed by atoms with Crippen molar-refractivity contribution in [2.45, 2.75) is 32.6 Å². The number of halogens is 1. The Balaban J connectivity index is 2.52.